The van der Waals surface area contributed by atoms with Gasteiger partial charge in [0, 0.05) is 47.3 Å². The monoisotopic (exact) mass is 320 g/mol. The summed E-state index contributed by atoms with van der Waals surface area (Å²) in [7, 11) is 0. The molecule has 1 aromatic rings. The van der Waals surface area contributed by atoms with Crippen LogP contribution in [0.2, 0.25) is 0 Å². The van der Waals surface area contributed by atoms with E-state index in [1.807, 2.05) is 11.3 Å². The highest BCUT2D eigenvalue weighted by atomic mass is 32.1. The molecule has 0 unspecified atom stereocenters. The van der Waals surface area contributed by atoms with E-state index in [0.29, 0.717) is 12.5 Å². The number of rotatable bonds is 5. The molecule has 0 bridgehead atoms. The molecule has 2 heterocycles. The van der Waals surface area contributed by atoms with Gasteiger partial charge >= 0.3 is 0 Å². The largest absolute Gasteiger partial charge is 0.374 e. The Bertz CT molecular complexity index is 555. The van der Waals surface area contributed by atoms with E-state index in [9.17, 15) is 4.79 Å². The van der Waals surface area contributed by atoms with Crippen molar-refractivity contribution in [2.24, 2.45) is 5.92 Å². The number of carbonyl (C=O) groups is 1. The van der Waals surface area contributed by atoms with Gasteiger partial charge in [-0.1, -0.05) is 0 Å². The van der Waals surface area contributed by atoms with Gasteiger partial charge in [0.1, 0.15) is 0 Å². The van der Waals surface area contributed by atoms with Crippen LogP contribution in [0, 0.1) is 12.8 Å². The van der Waals surface area contributed by atoms with Crippen molar-refractivity contribution in [3.63, 3.8) is 0 Å². The first-order valence-corrected chi connectivity index (χ1v) is 9.22. The Kier molecular flexibility index (Phi) is 3.96. The maximum Gasteiger partial charge on any atom is 0.223 e. The Morgan fingerprint density at radius 3 is 3.05 bits per heavy atom. The smallest absolute Gasteiger partial charge is 0.223 e. The number of thiophene rings is 1. The van der Waals surface area contributed by atoms with Gasteiger partial charge < -0.3 is 10.1 Å². The van der Waals surface area contributed by atoms with Gasteiger partial charge in [-0.3, -0.25) is 9.69 Å². The summed E-state index contributed by atoms with van der Waals surface area (Å²) in [5, 5.41) is 3.11. The normalized spacial score (nSPS) is 32.0. The van der Waals surface area contributed by atoms with Gasteiger partial charge in [-0.05, 0) is 38.3 Å². The zero-order valence-electron chi connectivity index (χ0n) is 13.1. The second-order valence-corrected chi connectivity index (χ2v) is 8.18. The summed E-state index contributed by atoms with van der Waals surface area (Å²) in [6, 6.07) is 5.11. The van der Waals surface area contributed by atoms with Gasteiger partial charge in [0.2, 0.25) is 5.91 Å². The standard InChI is InChI=1S/C17H24N2O2S/c1-11-2-5-16(22-11)14-8-15(14)17(20)18-9-13-10-19(6-7-21-13)12-3-4-12/h2,5,12-15H,3-4,6-10H2,1H3,(H,18,20)/t13-,14+,15-/m0/s1. The third-order valence-electron chi connectivity index (χ3n) is 4.99. The summed E-state index contributed by atoms with van der Waals surface area (Å²) in [5.41, 5.74) is 0. The molecule has 0 aromatic carbocycles. The van der Waals surface area contributed by atoms with E-state index in [2.05, 4.69) is 29.3 Å². The number of hydrogen-bond donors (Lipinski definition) is 1. The van der Waals surface area contributed by atoms with Gasteiger partial charge in [-0.2, -0.15) is 0 Å². The maximum absolute atomic E-state index is 12.3. The van der Waals surface area contributed by atoms with E-state index in [1.165, 1.54) is 22.6 Å². The third kappa shape index (κ3) is 3.21. The minimum atomic E-state index is 0.166. The molecule has 4 rings (SSSR count). The molecule has 0 radical (unpaired) electrons. The predicted molar refractivity (Wildman–Crippen MR) is 87.2 cm³/mol. The molecule has 3 aliphatic rings. The average Bonchev–Trinajstić information content (AvgIpc) is 3.43. The van der Waals surface area contributed by atoms with Crippen LogP contribution in [0.15, 0.2) is 12.1 Å². The highest BCUT2D eigenvalue weighted by molar-refractivity contribution is 7.12. The summed E-state index contributed by atoms with van der Waals surface area (Å²) in [6.45, 7) is 5.62. The number of nitrogens with zero attached hydrogens (tertiary/aromatic N) is 1. The zero-order valence-corrected chi connectivity index (χ0v) is 13.9. The van der Waals surface area contributed by atoms with E-state index >= 15 is 0 Å². The molecule has 22 heavy (non-hydrogen) atoms. The highest BCUT2D eigenvalue weighted by Crippen LogP contribution is 2.49. The first-order valence-electron chi connectivity index (χ1n) is 8.40. The lowest BCUT2D eigenvalue weighted by Gasteiger charge is -2.33. The van der Waals surface area contributed by atoms with Crippen molar-refractivity contribution in [3.8, 4) is 0 Å². The molecule has 3 atom stereocenters. The van der Waals surface area contributed by atoms with Crippen molar-refractivity contribution in [1.29, 1.82) is 0 Å². The Hall–Kier alpha value is -0.910. The Morgan fingerprint density at radius 1 is 1.45 bits per heavy atom. The van der Waals surface area contributed by atoms with Crippen molar-refractivity contribution >= 4 is 17.2 Å². The minimum absolute atomic E-state index is 0.166. The molecule has 2 aliphatic carbocycles. The highest BCUT2D eigenvalue weighted by Gasteiger charge is 2.44. The second-order valence-electron chi connectivity index (χ2n) is 6.86. The molecule has 2 saturated carbocycles. The number of hydrogen-bond acceptors (Lipinski definition) is 4. The number of amides is 1. The van der Waals surface area contributed by atoms with E-state index in [4.69, 9.17) is 4.74 Å². The predicted octanol–water partition coefficient (Wildman–Crippen LogP) is 2.14. The summed E-state index contributed by atoms with van der Waals surface area (Å²) in [5.74, 6) is 0.846. The van der Waals surface area contributed by atoms with Crippen molar-refractivity contribution in [2.45, 2.75) is 44.2 Å². The summed E-state index contributed by atoms with van der Waals surface area (Å²) < 4.78 is 5.80. The van der Waals surface area contributed by atoms with Crippen LogP contribution in [0.3, 0.4) is 0 Å². The number of ether oxygens (including phenoxy) is 1. The fourth-order valence-electron chi connectivity index (χ4n) is 3.43. The van der Waals surface area contributed by atoms with Crippen LogP contribution in [0.5, 0.6) is 0 Å². The molecular weight excluding hydrogens is 296 g/mol. The Morgan fingerprint density at radius 2 is 2.32 bits per heavy atom. The molecule has 1 aromatic heterocycles. The second kappa shape index (κ2) is 5.95. The summed E-state index contributed by atoms with van der Waals surface area (Å²) in [6.07, 6.45) is 3.84. The Labute approximate surface area is 135 Å². The number of aryl methyl sites for hydroxylation is 1. The molecule has 1 saturated heterocycles. The molecule has 1 aliphatic heterocycles. The van der Waals surface area contributed by atoms with Gasteiger partial charge in [-0.15, -0.1) is 11.3 Å². The lowest BCUT2D eigenvalue weighted by Crippen LogP contribution is -2.48. The van der Waals surface area contributed by atoms with Crippen LogP contribution >= 0.6 is 11.3 Å². The van der Waals surface area contributed by atoms with E-state index in [-0.39, 0.29) is 17.9 Å². The van der Waals surface area contributed by atoms with Crippen LogP contribution in [-0.2, 0) is 9.53 Å². The quantitative estimate of drug-likeness (QED) is 0.904. The number of carbonyl (C=O) groups excluding carboxylic acids is 1. The van der Waals surface area contributed by atoms with Crippen LogP contribution < -0.4 is 5.32 Å². The molecular formula is C17H24N2O2S. The number of morpholine rings is 1. The fourth-order valence-corrected chi connectivity index (χ4v) is 4.49. The first kappa shape index (κ1) is 14.7. The van der Waals surface area contributed by atoms with Gasteiger partial charge in [0.15, 0.2) is 0 Å². The average molecular weight is 320 g/mol. The van der Waals surface area contributed by atoms with Gasteiger partial charge in [0.05, 0.1) is 12.7 Å². The molecule has 1 amide bonds. The molecule has 4 nitrogen and oxygen atoms in total. The lowest BCUT2D eigenvalue weighted by molar-refractivity contribution is -0.123. The summed E-state index contributed by atoms with van der Waals surface area (Å²) in [4.78, 5) is 17.5. The number of nitrogens with one attached hydrogen (secondary N) is 1. The van der Waals surface area contributed by atoms with Crippen molar-refractivity contribution in [1.82, 2.24) is 10.2 Å². The van der Waals surface area contributed by atoms with Gasteiger partial charge in [-0.25, -0.2) is 0 Å². The van der Waals surface area contributed by atoms with Crippen LogP contribution in [0.1, 0.15) is 34.9 Å². The van der Waals surface area contributed by atoms with Crippen LogP contribution in [0.25, 0.3) is 0 Å². The van der Waals surface area contributed by atoms with Crippen molar-refractivity contribution < 1.29 is 9.53 Å². The summed E-state index contributed by atoms with van der Waals surface area (Å²) >= 11 is 1.82. The molecule has 0 spiro atoms. The topological polar surface area (TPSA) is 41.6 Å². The lowest BCUT2D eigenvalue weighted by atomic mass is 10.2. The SMILES string of the molecule is Cc1ccc([C@@H]2C[C@@H]2C(=O)NC[C@H]2CN(C3CC3)CCO2)s1. The Balaban J connectivity index is 1.23. The van der Waals surface area contributed by atoms with Crippen molar-refractivity contribution in [3.05, 3.63) is 21.9 Å². The van der Waals surface area contributed by atoms with E-state index in [1.54, 1.807) is 0 Å². The van der Waals surface area contributed by atoms with E-state index < -0.39 is 0 Å². The van der Waals surface area contributed by atoms with E-state index in [0.717, 1.165) is 32.2 Å². The molecule has 5 heteroatoms. The molecule has 3 fully saturated rings. The minimum Gasteiger partial charge on any atom is -0.374 e. The molecule has 1 N–H and O–H groups in total. The molecule has 120 valence electrons. The third-order valence-corrected chi connectivity index (χ3v) is 6.12. The van der Waals surface area contributed by atoms with Crippen LogP contribution in [-0.4, -0.2) is 49.2 Å². The fraction of sp³-hybridized carbons (Fsp3) is 0.706. The maximum atomic E-state index is 12.3. The first-order chi connectivity index (χ1) is 10.7. The van der Waals surface area contributed by atoms with Crippen molar-refractivity contribution in [2.75, 3.05) is 26.2 Å². The van der Waals surface area contributed by atoms with Crippen LogP contribution in [0.4, 0.5) is 0 Å². The zero-order chi connectivity index (χ0) is 15.1. The van der Waals surface area contributed by atoms with Gasteiger partial charge in [0.25, 0.3) is 0 Å².